The van der Waals surface area contributed by atoms with E-state index < -0.39 is 92.9 Å². The number of benzene rings is 1. The molecule has 0 radical (unpaired) electrons. The largest absolute Gasteiger partial charge is 0.468 e. The molecule has 0 fully saturated rings. The first kappa shape index (κ1) is 119. The lowest BCUT2D eigenvalue weighted by Gasteiger charge is -2.34. The van der Waals surface area contributed by atoms with E-state index in [1.807, 2.05) is 87.6 Å². The van der Waals surface area contributed by atoms with E-state index in [2.05, 4.69) is 98.5 Å². The zero-order valence-electron chi connectivity index (χ0n) is 83.3. The number of esters is 7. The summed E-state index contributed by atoms with van der Waals surface area (Å²) in [6, 6.07) is 13.1. The van der Waals surface area contributed by atoms with Gasteiger partial charge in [0.15, 0.2) is 17.4 Å². The quantitative estimate of drug-likeness (QED) is 0.0136. The second-order valence-corrected chi connectivity index (χ2v) is 33.5. The highest BCUT2D eigenvalue weighted by atomic mass is 35.5. The van der Waals surface area contributed by atoms with Crippen LogP contribution in [0.1, 0.15) is 204 Å². The van der Waals surface area contributed by atoms with Gasteiger partial charge in [-0.05, 0) is 197 Å². The molecule has 3 amide bonds. The number of hydrogen-bond acceptors (Lipinski definition) is 37. The smallest absolute Gasteiger partial charge is 0.411 e. The van der Waals surface area contributed by atoms with Crippen LogP contribution < -0.4 is 35.6 Å². The maximum atomic E-state index is 12.2. The van der Waals surface area contributed by atoms with E-state index in [-0.39, 0.29) is 88.6 Å². The van der Waals surface area contributed by atoms with Crippen LogP contribution in [-0.2, 0) is 102 Å². The number of anilines is 5. The number of Topliss-reactive ketones (excluding diaryl/α,β-unsaturated/α-hetero) is 2. The summed E-state index contributed by atoms with van der Waals surface area (Å²) in [5, 5.41) is 39.5. The number of ketones is 2. The first-order valence-corrected chi connectivity index (χ1v) is 45.2. The van der Waals surface area contributed by atoms with Crippen LogP contribution in [0.5, 0.6) is 0 Å². The number of halogens is 2. The molecule has 10 rings (SSSR count). The van der Waals surface area contributed by atoms with Gasteiger partial charge in [-0.1, -0.05) is 48.3 Å². The molecule has 7 atom stereocenters. The van der Waals surface area contributed by atoms with E-state index in [9.17, 15) is 77.8 Å². The van der Waals surface area contributed by atoms with Crippen LogP contribution in [0.15, 0.2) is 91.7 Å². The van der Waals surface area contributed by atoms with E-state index in [0.29, 0.717) is 38.0 Å². The van der Waals surface area contributed by atoms with Crippen LogP contribution in [-0.4, -0.2) is 276 Å². The number of pyridine rings is 5. The first-order valence-electron chi connectivity index (χ1n) is 44.4. The highest BCUT2D eigenvalue weighted by molar-refractivity contribution is 6.31. The second-order valence-electron chi connectivity index (χ2n) is 32.8. The molecular formula is C94H132Cl2N16O26. The van der Waals surface area contributed by atoms with E-state index in [1.165, 1.54) is 82.9 Å². The molecule has 1 aromatic carbocycles. The Morgan fingerprint density at radius 2 is 1.04 bits per heavy atom. The minimum atomic E-state index is -0.755. The van der Waals surface area contributed by atoms with Crippen LogP contribution in [0.25, 0.3) is 5.57 Å². The van der Waals surface area contributed by atoms with Crippen molar-refractivity contribution in [2.75, 3.05) is 127 Å². The number of methoxy groups -OCH3 is 6. The van der Waals surface area contributed by atoms with Crippen molar-refractivity contribution >= 4 is 141 Å². The molecule has 0 unspecified atom stereocenters. The van der Waals surface area contributed by atoms with Crippen LogP contribution in [0.4, 0.5) is 49.9 Å². The number of rotatable bonds is 25. The number of carbonyl (C=O) groups is 12. The minimum Gasteiger partial charge on any atom is -0.468 e. The molecule has 44 heteroatoms. The van der Waals surface area contributed by atoms with Crippen molar-refractivity contribution in [2.45, 2.75) is 224 Å². The van der Waals surface area contributed by atoms with Crippen LogP contribution in [0, 0.1) is 20.2 Å². The molecule has 4 aliphatic rings. The molecule has 4 N–H and O–H groups in total. The van der Waals surface area contributed by atoms with E-state index >= 15 is 0 Å². The number of aliphatic hydroxyl groups excluding tert-OH is 1. The predicted molar refractivity (Wildman–Crippen MR) is 517 cm³/mol. The molecule has 4 aliphatic heterocycles. The number of amides is 3. The van der Waals surface area contributed by atoms with Gasteiger partial charge in [0.05, 0.1) is 100 Å². The summed E-state index contributed by atoms with van der Waals surface area (Å²) in [5.41, 5.74) is 5.43. The van der Waals surface area contributed by atoms with Gasteiger partial charge in [0.1, 0.15) is 53.0 Å². The van der Waals surface area contributed by atoms with Gasteiger partial charge in [0.25, 0.3) is 0 Å². The summed E-state index contributed by atoms with van der Waals surface area (Å²) in [6.45, 7) is 42.5. The number of nitrogens with one attached hydrogen (secondary N) is 3. The van der Waals surface area contributed by atoms with Gasteiger partial charge in [0.2, 0.25) is 16.9 Å². The lowest BCUT2D eigenvalue weighted by atomic mass is 9.97. The van der Waals surface area contributed by atoms with Crippen LogP contribution in [0.2, 0.25) is 10.2 Å². The average Bonchev–Trinajstić information content (AvgIpc) is 0.791. The highest BCUT2D eigenvalue weighted by Crippen LogP contribution is 2.35. The maximum absolute atomic E-state index is 12.2. The van der Waals surface area contributed by atoms with Crippen LogP contribution in [0.3, 0.4) is 0 Å². The molecule has 0 saturated heterocycles. The third-order valence-corrected chi connectivity index (χ3v) is 21.4. The van der Waals surface area contributed by atoms with Crippen molar-refractivity contribution in [3.05, 3.63) is 167 Å². The molecule has 9 heterocycles. The topological polar surface area (TPSA) is 514 Å². The number of nitrogens with zero attached hydrogens (tertiary/aromatic N) is 13. The fourth-order valence-electron chi connectivity index (χ4n) is 13.6. The fourth-order valence-corrected chi connectivity index (χ4v) is 13.9. The Morgan fingerprint density at radius 1 is 0.565 bits per heavy atom. The lowest BCUT2D eigenvalue weighted by molar-refractivity contribution is -0.385. The van der Waals surface area contributed by atoms with Gasteiger partial charge in [-0.15, -0.1) is 0 Å². The predicted octanol–water partition coefficient (Wildman–Crippen LogP) is 12.3. The average molecular weight is 1970 g/mol. The first-order chi connectivity index (χ1) is 64.9. The minimum absolute atomic E-state index is 0.00861. The number of nitro groups is 2. The molecular weight excluding hydrogens is 1840 g/mol. The van der Waals surface area contributed by atoms with E-state index in [4.69, 9.17) is 42.5 Å². The second kappa shape index (κ2) is 57.8. The molecule has 42 nitrogen and oxygen atoms in total. The number of likely N-dealkylation sites (N-methyl/N-ethyl adjacent to an activating group) is 6. The molecule has 138 heavy (non-hydrogen) atoms. The monoisotopic (exact) mass is 1970 g/mol. The number of alkyl carbamates (subject to hydrolysis) is 1. The van der Waals surface area contributed by atoms with Crippen molar-refractivity contribution < 1.29 is 115 Å². The molecule has 0 saturated carbocycles. The summed E-state index contributed by atoms with van der Waals surface area (Å²) in [6.07, 6.45) is 10.3. The Bertz CT molecular complexity index is 5190. The van der Waals surface area contributed by atoms with Gasteiger partial charge in [0, 0.05) is 124 Å². The molecule has 0 bridgehead atoms. The molecule has 0 aliphatic carbocycles. The summed E-state index contributed by atoms with van der Waals surface area (Å²) in [7, 11) is 7.60. The van der Waals surface area contributed by atoms with E-state index in [1.54, 1.807) is 95.3 Å². The Morgan fingerprint density at radius 3 is 1.49 bits per heavy atom. The standard InChI is InChI=1S/C22H25ClN4O.C14H19N3O6.C13H16N2O3.C12H16N2O2.C11H21NO4.C9H17NO4.C7H5ClN2O4.C6H13NO2/c1-3-27-15(2)22(28)25-20-12-16(13-24-21(20)27)14-26-10-8-18(9-11-26)17-4-6-19(23)7-5-17;1-5-16(9(3)13(18)23-6-2)12-11(17(20)21)7-10(8-15-12)14(19)22-4;1-4-15-8(2)11(16)6-9-5-10(13(17)18-3)7-14-12(9)15;1-3-14-8(2)11(16)5-10-4-9(7-15)6-13-12(10)14;1-7-12(8(2)9(13)15-6)10(14)16-11(3,4)5;1-6(7(11)13-5)10-8(12)14-9(2,3)4;1-14-7(11)4-2-5(10(12)13)6(8)9-3-4;1-4-7-5(2)6(8)9-3/h4-8,12-13,15H,3,9-11,14H2,1-2H3,(H,25,28);7-9H,5-6H2,1-4H3;5,7-8H,4,6H2,1-3H3;4,6,8,15H,3,5,7H2,1-2H3;8H,7H2,1-6H3;6H,1-5H3,(H,10,12);2-3H,1H3;5,7H,4H2,1-3H3/t15-;9-;3*8-;6-;;5-/m000000.0/s1. The summed E-state index contributed by atoms with van der Waals surface area (Å²) < 4.78 is 42.1. The van der Waals surface area contributed by atoms with Gasteiger partial charge in [-0.25, -0.2) is 63.3 Å². The summed E-state index contributed by atoms with van der Waals surface area (Å²) in [4.78, 5) is 190. The Labute approximate surface area is 814 Å². The number of ether oxygens (including phenoxy) is 9. The lowest BCUT2D eigenvalue weighted by Crippen LogP contribution is -2.46. The van der Waals surface area contributed by atoms with Crippen LogP contribution >= 0.6 is 23.2 Å². The Hall–Kier alpha value is -13.2. The summed E-state index contributed by atoms with van der Waals surface area (Å²) in [5.74, 6) is -0.619. The number of aliphatic hydroxyl groups is 1. The summed E-state index contributed by atoms with van der Waals surface area (Å²) >= 11 is 11.4. The number of hydrogen-bond donors (Lipinski definition) is 4. The maximum Gasteiger partial charge on any atom is 0.411 e. The van der Waals surface area contributed by atoms with Crippen molar-refractivity contribution in [1.29, 1.82) is 0 Å². The number of carbonyl (C=O) groups excluding carboxylic acids is 12. The van der Waals surface area contributed by atoms with Gasteiger partial charge < -0.3 is 83.3 Å². The fraction of sp³-hybridized carbons (Fsp3) is 0.521. The SMILES string of the molecule is CCN(C(=O)OC(C)(C)C)[C@@H](C)C(=O)OC.CCN1c2ncc(C(=O)OC)cc2CC(=O)[C@@H]1C.CCN1c2ncc(CN3CC=C(c4ccc(Cl)cc4)CC3)cc2NC(=O)[C@@H]1C.CCN1c2ncc(CO)cc2CC(=O)[C@@H]1C.CCN[C@@H](C)C(=O)OC.CCOC(=O)[C@H](C)N(CC)c1ncc(C(=O)OC)cc1[N+](=O)[O-].COC(=O)[C@H](C)NC(=O)OC(C)(C)C.COC(=O)c1cnc(Cl)c([N+](=O)[O-])c1. The molecule has 6 aromatic rings. The van der Waals surface area contributed by atoms with Gasteiger partial charge in [-0.2, -0.15) is 0 Å². The van der Waals surface area contributed by atoms with Crippen molar-refractivity contribution in [3.8, 4) is 0 Å². The Kier molecular flexibility index (Phi) is 49.8. The third-order valence-electron chi connectivity index (χ3n) is 20.9. The van der Waals surface area contributed by atoms with Crippen molar-refractivity contribution in [3.63, 3.8) is 0 Å². The van der Waals surface area contributed by atoms with Gasteiger partial charge in [-0.3, -0.25) is 49.2 Å². The zero-order chi connectivity index (χ0) is 105. The van der Waals surface area contributed by atoms with Crippen molar-refractivity contribution in [2.24, 2.45) is 0 Å². The molecule has 0 spiro atoms. The normalized spacial score (nSPS) is 15.3. The third kappa shape index (κ3) is 36.4. The molecule has 5 aromatic heterocycles. The van der Waals surface area contributed by atoms with E-state index in [0.717, 1.165) is 114 Å². The Balaban J connectivity index is 0.000000414. The molecule has 758 valence electrons. The highest BCUT2D eigenvalue weighted by Gasteiger charge is 2.36. The van der Waals surface area contributed by atoms with Crippen molar-refractivity contribution in [1.82, 2.24) is 45.4 Å². The zero-order valence-corrected chi connectivity index (χ0v) is 84.8. The number of fused-ring (bicyclic) bond motifs is 3. The number of aromatic nitrogens is 5. The van der Waals surface area contributed by atoms with Gasteiger partial charge >= 0.3 is 65.3 Å².